The molecule has 4 rings (SSSR count). The summed E-state index contributed by atoms with van der Waals surface area (Å²) >= 11 is 6.39. The molecule has 170 valence electrons. The van der Waals surface area contributed by atoms with Crippen molar-refractivity contribution in [2.75, 3.05) is 11.8 Å². The topological polar surface area (TPSA) is 136 Å². The molecule has 0 atom stereocenters. The second kappa shape index (κ2) is 9.14. The van der Waals surface area contributed by atoms with Crippen LogP contribution in [-0.4, -0.2) is 30.4 Å². The Labute approximate surface area is 193 Å². The largest absolute Gasteiger partial charge is 0.423 e. The number of rotatable bonds is 7. The van der Waals surface area contributed by atoms with Crippen molar-refractivity contribution >= 4 is 38.6 Å². The molecular weight excluding hydrogens is 470 g/mol. The summed E-state index contributed by atoms with van der Waals surface area (Å²) in [5.41, 5.74) is 1.53. The normalized spacial score (nSPS) is 11.5. The summed E-state index contributed by atoms with van der Waals surface area (Å²) < 4.78 is 39.0. The standard InChI is InChI=1S/C21H18ClN5O5S/c1-12-14-10-16(22)18(32-21-25-5-3-6-26-21)11-17(14)31-20(28)15(12)8-13-4-7-24-19(9-13)27-33(29,30)23-2/h3-7,9-11,23H,8H2,1-2H3,(H,24,27). The van der Waals surface area contributed by atoms with Gasteiger partial charge in [0.2, 0.25) is 0 Å². The lowest BCUT2D eigenvalue weighted by Crippen LogP contribution is -2.26. The van der Waals surface area contributed by atoms with Gasteiger partial charge in [-0.3, -0.25) is 4.72 Å². The summed E-state index contributed by atoms with van der Waals surface area (Å²) in [6.45, 7) is 1.79. The molecule has 0 aliphatic heterocycles. The van der Waals surface area contributed by atoms with Gasteiger partial charge < -0.3 is 9.15 Å². The predicted octanol–water partition coefficient (Wildman–Crippen LogP) is 3.20. The van der Waals surface area contributed by atoms with Crippen molar-refractivity contribution in [2.45, 2.75) is 13.3 Å². The third-order valence-electron chi connectivity index (χ3n) is 4.80. The van der Waals surface area contributed by atoms with Gasteiger partial charge >= 0.3 is 11.6 Å². The molecule has 2 N–H and O–H groups in total. The molecule has 4 aromatic rings. The molecule has 0 saturated carbocycles. The first-order valence-corrected chi connectivity index (χ1v) is 11.5. The minimum Gasteiger partial charge on any atom is -0.423 e. The highest BCUT2D eigenvalue weighted by Gasteiger charge is 2.16. The first-order chi connectivity index (χ1) is 15.8. The van der Waals surface area contributed by atoms with Crippen molar-refractivity contribution in [3.63, 3.8) is 0 Å². The molecule has 12 heteroatoms. The van der Waals surface area contributed by atoms with Crippen LogP contribution in [0.3, 0.4) is 0 Å². The molecule has 0 bridgehead atoms. The second-order valence-electron chi connectivity index (χ2n) is 6.94. The van der Waals surface area contributed by atoms with Gasteiger partial charge in [-0.25, -0.2) is 24.5 Å². The van der Waals surface area contributed by atoms with Gasteiger partial charge in [-0.15, -0.1) is 0 Å². The van der Waals surface area contributed by atoms with E-state index in [9.17, 15) is 13.2 Å². The summed E-state index contributed by atoms with van der Waals surface area (Å²) in [6.07, 6.45) is 4.71. The van der Waals surface area contributed by atoms with Crippen LogP contribution in [0.15, 0.2) is 58.1 Å². The first kappa shape index (κ1) is 22.6. The van der Waals surface area contributed by atoms with Crippen molar-refractivity contribution in [1.82, 2.24) is 19.7 Å². The van der Waals surface area contributed by atoms with Gasteiger partial charge in [0, 0.05) is 49.1 Å². The van der Waals surface area contributed by atoms with Crippen molar-refractivity contribution in [3.8, 4) is 11.8 Å². The van der Waals surface area contributed by atoms with E-state index in [0.29, 0.717) is 32.7 Å². The van der Waals surface area contributed by atoms with Crippen LogP contribution >= 0.6 is 11.6 Å². The molecule has 1 aromatic carbocycles. The Bertz CT molecular complexity index is 1490. The first-order valence-electron chi connectivity index (χ1n) is 9.62. The van der Waals surface area contributed by atoms with Gasteiger partial charge in [-0.1, -0.05) is 11.6 Å². The summed E-state index contributed by atoms with van der Waals surface area (Å²) in [4.78, 5) is 24.7. The van der Waals surface area contributed by atoms with Crippen molar-refractivity contribution in [2.24, 2.45) is 0 Å². The average molecular weight is 488 g/mol. The fraction of sp³-hybridized carbons (Fsp3) is 0.143. The van der Waals surface area contributed by atoms with Crippen LogP contribution in [0.1, 0.15) is 16.7 Å². The highest BCUT2D eigenvalue weighted by Crippen LogP contribution is 2.34. The molecular formula is C21H18ClN5O5S. The van der Waals surface area contributed by atoms with Crippen molar-refractivity contribution < 1.29 is 17.6 Å². The predicted molar refractivity (Wildman–Crippen MR) is 123 cm³/mol. The number of pyridine rings is 1. The molecule has 0 spiro atoms. The van der Waals surface area contributed by atoms with Gasteiger partial charge in [0.1, 0.15) is 11.4 Å². The van der Waals surface area contributed by atoms with Gasteiger partial charge in [0.15, 0.2) is 5.75 Å². The van der Waals surface area contributed by atoms with E-state index in [0.717, 1.165) is 0 Å². The minimum atomic E-state index is -3.72. The maximum Gasteiger partial charge on any atom is 0.340 e. The molecule has 3 heterocycles. The maximum absolute atomic E-state index is 12.8. The fourth-order valence-corrected chi connectivity index (χ4v) is 3.83. The number of nitrogens with zero attached hydrogens (tertiary/aromatic N) is 3. The monoisotopic (exact) mass is 487 g/mol. The molecule has 0 saturated heterocycles. The number of nitrogens with one attached hydrogen (secondary N) is 2. The smallest absolute Gasteiger partial charge is 0.340 e. The van der Waals surface area contributed by atoms with Gasteiger partial charge in [0.25, 0.3) is 10.2 Å². The summed E-state index contributed by atoms with van der Waals surface area (Å²) in [7, 11) is -2.43. The van der Waals surface area contributed by atoms with Crippen LogP contribution < -0.4 is 19.8 Å². The van der Waals surface area contributed by atoms with E-state index >= 15 is 0 Å². The van der Waals surface area contributed by atoms with E-state index in [1.165, 1.54) is 31.7 Å². The zero-order chi connectivity index (χ0) is 23.6. The summed E-state index contributed by atoms with van der Waals surface area (Å²) in [5, 5.41) is 0.937. The van der Waals surface area contributed by atoms with E-state index in [1.54, 1.807) is 31.2 Å². The number of aromatic nitrogens is 3. The Morgan fingerprint density at radius 2 is 1.88 bits per heavy atom. The molecule has 10 nitrogen and oxygen atoms in total. The molecule has 0 aliphatic rings. The van der Waals surface area contributed by atoms with Crippen LogP contribution in [-0.2, 0) is 16.6 Å². The van der Waals surface area contributed by atoms with E-state index in [-0.39, 0.29) is 24.0 Å². The van der Waals surface area contributed by atoms with Crippen LogP contribution in [0, 0.1) is 6.92 Å². The van der Waals surface area contributed by atoms with Gasteiger partial charge in [-0.2, -0.15) is 8.42 Å². The molecule has 3 aromatic heterocycles. The lowest BCUT2D eigenvalue weighted by molar-refractivity contribution is 0.441. The lowest BCUT2D eigenvalue weighted by Gasteiger charge is -2.11. The Hall–Kier alpha value is -3.54. The van der Waals surface area contributed by atoms with Gasteiger partial charge in [-0.05, 0) is 42.3 Å². The van der Waals surface area contributed by atoms with E-state index in [4.69, 9.17) is 20.8 Å². The lowest BCUT2D eigenvalue weighted by atomic mass is 10.00. The SMILES string of the molecule is CNS(=O)(=O)Nc1cc(Cc2c(C)c3cc(Cl)c(Oc4ncccn4)cc3oc2=O)ccn1. The quantitative estimate of drug-likeness (QED) is 0.379. The number of hydrogen-bond donors (Lipinski definition) is 2. The van der Waals surface area contributed by atoms with Crippen molar-refractivity contribution in [1.29, 1.82) is 0 Å². The molecule has 0 aliphatic carbocycles. The molecule has 33 heavy (non-hydrogen) atoms. The highest BCUT2D eigenvalue weighted by molar-refractivity contribution is 7.90. The number of anilines is 1. The van der Waals surface area contributed by atoms with E-state index in [1.807, 2.05) is 0 Å². The molecule has 0 fully saturated rings. The third-order valence-corrected chi connectivity index (χ3v) is 6.11. The Morgan fingerprint density at radius 3 is 2.61 bits per heavy atom. The van der Waals surface area contributed by atoms with Crippen LogP contribution in [0.5, 0.6) is 11.8 Å². The maximum atomic E-state index is 12.8. The Kier molecular flexibility index (Phi) is 6.27. The van der Waals surface area contributed by atoms with E-state index in [2.05, 4.69) is 24.4 Å². The number of fused-ring (bicyclic) bond motifs is 1. The van der Waals surface area contributed by atoms with Crippen LogP contribution in [0.25, 0.3) is 11.0 Å². The molecule has 0 amide bonds. The minimum absolute atomic E-state index is 0.108. The Balaban J connectivity index is 1.68. The zero-order valence-electron chi connectivity index (χ0n) is 17.5. The number of aryl methyl sites for hydroxylation is 1. The molecule has 0 unspecified atom stereocenters. The summed E-state index contributed by atoms with van der Waals surface area (Å²) in [6, 6.07) is 8.16. The van der Waals surface area contributed by atoms with Crippen LogP contribution in [0.2, 0.25) is 5.02 Å². The van der Waals surface area contributed by atoms with Crippen molar-refractivity contribution in [3.05, 3.63) is 81.1 Å². The fourth-order valence-electron chi connectivity index (χ4n) is 3.14. The summed E-state index contributed by atoms with van der Waals surface area (Å²) in [5.74, 6) is 0.374. The van der Waals surface area contributed by atoms with E-state index < -0.39 is 15.8 Å². The number of benzene rings is 1. The third kappa shape index (κ3) is 5.11. The second-order valence-corrected chi connectivity index (χ2v) is 8.97. The number of ether oxygens (including phenoxy) is 1. The highest BCUT2D eigenvalue weighted by atomic mass is 35.5. The zero-order valence-corrected chi connectivity index (χ0v) is 19.1. The van der Waals surface area contributed by atoms with Crippen LogP contribution in [0.4, 0.5) is 5.82 Å². The average Bonchev–Trinajstić information content (AvgIpc) is 2.79. The van der Waals surface area contributed by atoms with Gasteiger partial charge in [0.05, 0.1) is 5.02 Å². The Morgan fingerprint density at radius 1 is 1.12 bits per heavy atom. The number of hydrogen-bond acceptors (Lipinski definition) is 8. The number of halogens is 1. The molecule has 0 radical (unpaired) electrons.